The second-order valence-electron chi connectivity index (χ2n) is 4.46. The molecule has 20 heavy (non-hydrogen) atoms. The molecule has 0 aliphatic heterocycles. The first kappa shape index (κ1) is 14.1. The van der Waals surface area contributed by atoms with E-state index in [9.17, 15) is 4.79 Å². The molecule has 1 aromatic carbocycles. The Balaban J connectivity index is 1.85. The van der Waals surface area contributed by atoms with E-state index < -0.39 is 0 Å². The molecule has 2 rings (SSSR count). The number of imidazole rings is 1. The van der Waals surface area contributed by atoms with Gasteiger partial charge in [-0.3, -0.25) is 4.79 Å². The van der Waals surface area contributed by atoms with Crippen LogP contribution in [0.15, 0.2) is 36.8 Å². The first-order valence-electron chi connectivity index (χ1n) is 6.78. The molecule has 0 unspecified atom stereocenters. The fourth-order valence-electron chi connectivity index (χ4n) is 1.78. The Labute approximate surface area is 118 Å². The van der Waals surface area contributed by atoms with Crippen LogP contribution in [0, 0.1) is 0 Å². The molecule has 5 nitrogen and oxygen atoms in total. The zero-order valence-electron chi connectivity index (χ0n) is 11.6. The maximum atomic E-state index is 12.0. The SMILES string of the molecule is CCCOc1cccc(C(=O)NCCc2cnc[nH]2)c1. The fraction of sp³-hybridized carbons (Fsp3) is 0.333. The van der Waals surface area contributed by atoms with Gasteiger partial charge < -0.3 is 15.0 Å². The van der Waals surface area contributed by atoms with Crippen LogP contribution in [0.4, 0.5) is 0 Å². The summed E-state index contributed by atoms with van der Waals surface area (Å²) in [5.41, 5.74) is 1.62. The van der Waals surface area contributed by atoms with Gasteiger partial charge in [-0.2, -0.15) is 0 Å². The van der Waals surface area contributed by atoms with E-state index in [0.29, 0.717) is 18.7 Å². The number of benzene rings is 1. The summed E-state index contributed by atoms with van der Waals surface area (Å²) in [7, 11) is 0. The maximum Gasteiger partial charge on any atom is 0.251 e. The number of carbonyl (C=O) groups is 1. The Hall–Kier alpha value is -2.30. The zero-order valence-corrected chi connectivity index (χ0v) is 11.6. The first-order chi connectivity index (χ1) is 9.79. The highest BCUT2D eigenvalue weighted by Gasteiger charge is 2.06. The van der Waals surface area contributed by atoms with Crippen molar-refractivity contribution in [2.45, 2.75) is 19.8 Å². The molecule has 0 spiro atoms. The van der Waals surface area contributed by atoms with Gasteiger partial charge in [-0.05, 0) is 24.6 Å². The summed E-state index contributed by atoms with van der Waals surface area (Å²) in [5.74, 6) is 0.638. The van der Waals surface area contributed by atoms with Gasteiger partial charge in [0.15, 0.2) is 0 Å². The van der Waals surface area contributed by atoms with Gasteiger partial charge in [0.05, 0.1) is 12.9 Å². The summed E-state index contributed by atoms with van der Waals surface area (Å²) in [4.78, 5) is 18.9. The van der Waals surface area contributed by atoms with E-state index in [1.54, 1.807) is 24.7 Å². The van der Waals surface area contributed by atoms with Crippen LogP contribution in [0.5, 0.6) is 5.75 Å². The summed E-state index contributed by atoms with van der Waals surface area (Å²) in [6, 6.07) is 7.23. The molecule has 1 heterocycles. The highest BCUT2D eigenvalue weighted by Crippen LogP contribution is 2.13. The highest BCUT2D eigenvalue weighted by atomic mass is 16.5. The Morgan fingerprint density at radius 3 is 3.10 bits per heavy atom. The van der Waals surface area contributed by atoms with Crippen LogP contribution in [0.3, 0.4) is 0 Å². The number of carbonyl (C=O) groups excluding carboxylic acids is 1. The number of amides is 1. The van der Waals surface area contributed by atoms with Gasteiger partial charge in [0.2, 0.25) is 0 Å². The van der Waals surface area contributed by atoms with Crippen molar-refractivity contribution in [2.75, 3.05) is 13.2 Å². The number of nitrogens with zero attached hydrogens (tertiary/aromatic N) is 1. The summed E-state index contributed by atoms with van der Waals surface area (Å²) in [6.45, 7) is 3.28. The summed E-state index contributed by atoms with van der Waals surface area (Å²) in [5, 5.41) is 2.88. The van der Waals surface area contributed by atoms with Crippen LogP contribution in [0.2, 0.25) is 0 Å². The molecule has 0 aliphatic carbocycles. The molecule has 0 fully saturated rings. The van der Waals surface area contributed by atoms with E-state index in [4.69, 9.17) is 4.74 Å². The monoisotopic (exact) mass is 273 g/mol. The van der Waals surface area contributed by atoms with Gasteiger partial charge >= 0.3 is 0 Å². The molecule has 1 aromatic heterocycles. The molecule has 0 saturated carbocycles. The molecule has 0 atom stereocenters. The lowest BCUT2D eigenvalue weighted by Gasteiger charge is -2.07. The Bertz CT molecular complexity index is 538. The van der Waals surface area contributed by atoms with Crippen molar-refractivity contribution in [2.24, 2.45) is 0 Å². The average Bonchev–Trinajstić information content (AvgIpc) is 2.98. The van der Waals surface area contributed by atoms with Crippen molar-refractivity contribution in [1.82, 2.24) is 15.3 Å². The van der Waals surface area contributed by atoms with Gasteiger partial charge in [-0.1, -0.05) is 13.0 Å². The minimum Gasteiger partial charge on any atom is -0.494 e. The maximum absolute atomic E-state index is 12.0. The van der Waals surface area contributed by atoms with Gasteiger partial charge in [0.25, 0.3) is 5.91 Å². The lowest BCUT2D eigenvalue weighted by atomic mass is 10.2. The predicted octanol–water partition coefficient (Wildman–Crippen LogP) is 2.17. The minimum atomic E-state index is -0.0912. The van der Waals surface area contributed by atoms with E-state index >= 15 is 0 Å². The third-order valence-corrected chi connectivity index (χ3v) is 2.80. The molecule has 1 amide bonds. The molecule has 5 heteroatoms. The number of aromatic nitrogens is 2. The number of hydrogen-bond acceptors (Lipinski definition) is 3. The molecule has 0 bridgehead atoms. The smallest absolute Gasteiger partial charge is 0.251 e. The molecular formula is C15H19N3O2. The third kappa shape index (κ3) is 4.12. The molecular weight excluding hydrogens is 254 g/mol. The van der Waals surface area contributed by atoms with Crippen LogP contribution in [0.25, 0.3) is 0 Å². The van der Waals surface area contributed by atoms with Crippen LogP contribution in [-0.2, 0) is 6.42 Å². The van der Waals surface area contributed by atoms with E-state index in [1.165, 1.54) is 0 Å². The summed E-state index contributed by atoms with van der Waals surface area (Å²) in [6.07, 6.45) is 5.06. The Morgan fingerprint density at radius 1 is 1.45 bits per heavy atom. The van der Waals surface area contributed by atoms with E-state index in [-0.39, 0.29) is 5.91 Å². The lowest BCUT2D eigenvalue weighted by molar-refractivity contribution is 0.0953. The number of nitrogens with one attached hydrogen (secondary N) is 2. The standard InChI is InChI=1S/C15H19N3O2/c1-2-8-20-14-5-3-4-12(9-14)15(19)17-7-6-13-10-16-11-18-13/h3-5,9-11H,2,6-8H2,1H3,(H,16,18)(H,17,19). The Kier molecular flexibility index (Phi) is 5.17. The molecule has 0 saturated heterocycles. The topological polar surface area (TPSA) is 67.0 Å². The summed E-state index contributed by atoms with van der Waals surface area (Å²) < 4.78 is 5.52. The number of aromatic amines is 1. The van der Waals surface area contributed by atoms with Crippen LogP contribution in [0.1, 0.15) is 29.4 Å². The first-order valence-corrected chi connectivity index (χ1v) is 6.78. The van der Waals surface area contributed by atoms with Crippen molar-refractivity contribution >= 4 is 5.91 Å². The zero-order chi connectivity index (χ0) is 14.2. The molecule has 2 N–H and O–H groups in total. The molecule has 2 aromatic rings. The largest absolute Gasteiger partial charge is 0.494 e. The number of H-pyrrole nitrogens is 1. The summed E-state index contributed by atoms with van der Waals surface area (Å²) >= 11 is 0. The van der Waals surface area contributed by atoms with Crippen LogP contribution in [-0.4, -0.2) is 29.0 Å². The predicted molar refractivity (Wildman–Crippen MR) is 76.9 cm³/mol. The minimum absolute atomic E-state index is 0.0912. The van der Waals surface area contributed by atoms with Crippen molar-refractivity contribution in [3.8, 4) is 5.75 Å². The number of hydrogen-bond donors (Lipinski definition) is 2. The van der Waals surface area contributed by atoms with Crippen molar-refractivity contribution < 1.29 is 9.53 Å². The van der Waals surface area contributed by atoms with E-state index in [1.807, 2.05) is 19.1 Å². The number of rotatable bonds is 7. The van der Waals surface area contributed by atoms with E-state index in [0.717, 1.165) is 24.3 Å². The lowest BCUT2D eigenvalue weighted by Crippen LogP contribution is -2.25. The second-order valence-corrected chi connectivity index (χ2v) is 4.46. The molecule has 0 radical (unpaired) electrons. The van der Waals surface area contributed by atoms with Crippen molar-refractivity contribution in [3.05, 3.63) is 48.0 Å². The van der Waals surface area contributed by atoms with Crippen LogP contribution < -0.4 is 10.1 Å². The van der Waals surface area contributed by atoms with Gasteiger partial charge in [0, 0.05) is 30.4 Å². The van der Waals surface area contributed by atoms with Crippen molar-refractivity contribution in [1.29, 1.82) is 0 Å². The quantitative estimate of drug-likeness (QED) is 0.812. The second kappa shape index (κ2) is 7.33. The fourth-order valence-corrected chi connectivity index (χ4v) is 1.78. The van der Waals surface area contributed by atoms with Gasteiger partial charge in [-0.15, -0.1) is 0 Å². The average molecular weight is 273 g/mol. The Morgan fingerprint density at radius 2 is 2.35 bits per heavy atom. The van der Waals surface area contributed by atoms with Gasteiger partial charge in [-0.25, -0.2) is 4.98 Å². The normalized spacial score (nSPS) is 10.2. The van der Waals surface area contributed by atoms with Crippen LogP contribution >= 0.6 is 0 Å². The van der Waals surface area contributed by atoms with E-state index in [2.05, 4.69) is 15.3 Å². The molecule has 0 aliphatic rings. The third-order valence-electron chi connectivity index (χ3n) is 2.80. The highest BCUT2D eigenvalue weighted by molar-refractivity contribution is 5.94. The van der Waals surface area contributed by atoms with Gasteiger partial charge in [0.1, 0.15) is 5.75 Å². The molecule has 106 valence electrons. The van der Waals surface area contributed by atoms with Crippen molar-refractivity contribution in [3.63, 3.8) is 0 Å². The number of ether oxygens (including phenoxy) is 1.